The molecule has 0 aromatic heterocycles. The Hall–Kier alpha value is -1.59. The molecule has 2 atom stereocenters. The number of rotatable bonds is 38. The first-order chi connectivity index (χ1) is 24.3. The molecule has 6 nitrogen and oxygen atoms in total. The molecule has 0 aliphatic rings. The lowest BCUT2D eigenvalue weighted by Gasteiger charge is -2.18. The number of hydrogen-bond acceptors (Lipinski definition) is 6. The molecule has 0 radical (unpaired) electrons. The van der Waals surface area contributed by atoms with Crippen LogP contribution in [0.2, 0.25) is 0 Å². The molecule has 0 aromatic carbocycles. The minimum absolute atomic E-state index is 0.0663. The molecule has 0 heterocycles. The van der Waals surface area contributed by atoms with Crippen molar-refractivity contribution >= 4 is 17.9 Å². The van der Waals surface area contributed by atoms with Crippen molar-refractivity contribution < 1.29 is 28.6 Å². The molecule has 0 saturated heterocycles. The summed E-state index contributed by atoms with van der Waals surface area (Å²) < 4.78 is 16.7. The fourth-order valence-electron chi connectivity index (χ4n) is 6.37. The van der Waals surface area contributed by atoms with E-state index in [1.165, 1.54) is 122 Å². The molecule has 0 fully saturated rings. The second kappa shape index (κ2) is 37.2. The van der Waals surface area contributed by atoms with E-state index in [0.29, 0.717) is 19.3 Å². The van der Waals surface area contributed by atoms with Gasteiger partial charge in [0.05, 0.1) is 0 Å². The van der Waals surface area contributed by atoms with Crippen LogP contribution in [-0.2, 0) is 28.6 Å². The highest BCUT2D eigenvalue weighted by Crippen LogP contribution is 2.17. The predicted octanol–water partition coefficient (Wildman–Crippen LogP) is 13.4. The standard InChI is InChI=1S/C44H84O6/c1-6-8-9-10-11-12-13-14-19-26-31-36-44(47)50-41(38-49-43(46)35-30-25-21-20-22-27-32-39(3)4)37-48-42(45)34-29-24-18-16-15-17-23-28-33-40(5)7-2/h39-41H,6-38H2,1-5H3/t40?,41-/m0/s1. The van der Waals surface area contributed by atoms with Gasteiger partial charge in [-0.3, -0.25) is 14.4 Å². The first-order valence-electron chi connectivity index (χ1n) is 21.8. The van der Waals surface area contributed by atoms with E-state index in [1.54, 1.807) is 0 Å². The molecule has 6 heteroatoms. The van der Waals surface area contributed by atoms with E-state index in [1.807, 2.05) is 0 Å². The Morgan fingerprint density at radius 1 is 0.420 bits per heavy atom. The van der Waals surface area contributed by atoms with Crippen LogP contribution < -0.4 is 0 Å². The molecular formula is C44H84O6. The number of unbranched alkanes of at least 4 members (excludes halogenated alkanes) is 22. The second-order valence-electron chi connectivity index (χ2n) is 15.7. The first-order valence-corrected chi connectivity index (χ1v) is 21.8. The van der Waals surface area contributed by atoms with Gasteiger partial charge < -0.3 is 14.2 Å². The Morgan fingerprint density at radius 2 is 0.760 bits per heavy atom. The van der Waals surface area contributed by atoms with Gasteiger partial charge in [-0.05, 0) is 31.1 Å². The zero-order valence-electron chi connectivity index (χ0n) is 34.0. The van der Waals surface area contributed by atoms with Crippen LogP contribution in [0.15, 0.2) is 0 Å². The van der Waals surface area contributed by atoms with Gasteiger partial charge in [-0.2, -0.15) is 0 Å². The minimum Gasteiger partial charge on any atom is -0.462 e. The summed E-state index contributed by atoms with van der Waals surface area (Å²) in [5.41, 5.74) is 0. The summed E-state index contributed by atoms with van der Waals surface area (Å²) >= 11 is 0. The highest BCUT2D eigenvalue weighted by molar-refractivity contribution is 5.71. The molecule has 0 rings (SSSR count). The largest absolute Gasteiger partial charge is 0.462 e. The highest BCUT2D eigenvalue weighted by Gasteiger charge is 2.19. The molecule has 0 N–H and O–H groups in total. The topological polar surface area (TPSA) is 78.9 Å². The number of esters is 3. The van der Waals surface area contributed by atoms with E-state index in [-0.39, 0.29) is 31.1 Å². The minimum atomic E-state index is -0.760. The van der Waals surface area contributed by atoms with Crippen LogP contribution >= 0.6 is 0 Å². The van der Waals surface area contributed by atoms with E-state index < -0.39 is 6.10 Å². The third kappa shape index (κ3) is 36.2. The van der Waals surface area contributed by atoms with Crippen molar-refractivity contribution in [2.75, 3.05) is 13.2 Å². The van der Waals surface area contributed by atoms with Crippen molar-refractivity contribution in [3.8, 4) is 0 Å². The van der Waals surface area contributed by atoms with Crippen LogP contribution in [0.5, 0.6) is 0 Å². The fourth-order valence-corrected chi connectivity index (χ4v) is 6.37. The maximum Gasteiger partial charge on any atom is 0.306 e. The average Bonchev–Trinajstić information content (AvgIpc) is 3.09. The Balaban J connectivity index is 4.35. The molecular weight excluding hydrogens is 624 g/mol. The zero-order chi connectivity index (χ0) is 36.9. The van der Waals surface area contributed by atoms with Crippen LogP contribution in [0, 0.1) is 11.8 Å². The molecule has 1 unspecified atom stereocenters. The summed E-state index contributed by atoms with van der Waals surface area (Å²) in [5.74, 6) is 0.745. The Kier molecular flexibility index (Phi) is 36.0. The van der Waals surface area contributed by atoms with E-state index in [0.717, 1.165) is 69.6 Å². The third-order valence-corrected chi connectivity index (χ3v) is 10.1. The molecule has 0 aliphatic carbocycles. The number of hydrogen-bond donors (Lipinski definition) is 0. The van der Waals surface area contributed by atoms with Gasteiger partial charge in [-0.15, -0.1) is 0 Å². The van der Waals surface area contributed by atoms with Gasteiger partial charge in [-0.1, -0.05) is 195 Å². The predicted molar refractivity (Wildman–Crippen MR) is 210 cm³/mol. The Morgan fingerprint density at radius 3 is 1.14 bits per heavy atom. The first kappa shape index (κ1) is 48.4. The molecule has 50 heavy (non-hydrogen) atoms. The third-order valence-electron chi connectivity index (χ3n) is 10.1. The number of carbonyl (C=O) groups is 3. The summed E-state index contributed by atoms with van der Waals surface area (Å²) in [6.07, 6.45) is 33.8. The smallest absolute Gasteiger partial charge is 0.306 e. The normalized spacial score (nSPS) is 12.6. The van der Waals surface area contributed by atoms with Gasteiger partial charge in [0.15, 0.2) is 6.10 Å². The molecule has 0 bridgehead atoms. The van der Waals surface area contributed by atoms with Gasteiger partial charge in [0.25, 0.3) is 0 Å². The van der Waals surface area contributed by atoms with Crippen molar-refractivity contribution in [3.63, 3.8) is 0 Å². The highest BCUT2D eigenvalue weighted by atomic mass is 16.6. The van der Waals surface area contributed by atoms with Crippen molar-refractivity contribution in [3.05, 3.63) is 0 Å². The lowest BCUT2D eigenvalue weighted by atomic mass is 9.99. The van der Waals surface area contributed by atoms with Gasteiger partial charge >= 0.3 is 17.9 Å². The average molecular weight is 709 g/mol. The van der Waals surface area contributed by atoms with Gasteiger partial charge in [0.2, 0.25) is 0 Å². The maximum atomic E-state index is 12.7. The van der Waals surface area contributed by atoms with E-state index >= 15 is 0 Å². The maximum absolute atomic E-state index is 12.7. The van der Waals surface area contributed by atoms with E-state index in [2.05, 4.69) is 34.6 Å². The van der Waals surface area contributed by atoms with Crippen molar-refractivity contribution in [1.82, 2.24) is 0 Å². The quantitative estimate of drug-likeness (QED) is 0.0361. The Bertz CT molecular complexity index is 766. The zero-order valence-corrected chi connectivity index (χ0v) is 34.0. The molecule has 0 aliphatic heterocycles. The van der Waals surface area contributed by atoms with Crippen LogP contribution in [-0.4, -0.2) is 37.2 Å². The summed E-state index contributed by atoms with van der Waals surface area (Å²) in [6, 6.07) is 0. The number of carbonyl (C=O) groups excluding carboxylic acids is 3. The molecule has 0 spiro atoms. The lowest BCUT2D eigenvalue weighted by molar-refractivity contribution is -0.167. The van der Waals surface area contributed by atoms with Crippen molar-refractivity contribution in [2.45, 2.75) is 240 Å². The van der Waals surface area contributed by atoms with Crippen LogP contribution in [0.25, 0.3) is 0 Å². The Labute approximate surface area is 310 Å². The van der Waals surface area contributed by atoms with Gasteiger partial charge in [0.1, 0.15) is 13.2 Å². The van der Waals surface area contributed by atoms with E-state index in [9.17, 15) is 14.4 Å². The van der Waals surface area contributed by atoms with Crippen molar-refractivity contribution in [2.24, 2.45) is 11.8 Å². The van der Waals surface area contributed by atoms with Crippen LogP contribution in [0.4, 0.5) is 0 Å². The van der Waals surface area contributed by atoms with Crippen LogP contribution in [0.3, 0.4) is 0 Å². The molecule has 0 aromatic rings. The van der Waals surface area contributed by atoms with Crippen LogP contribution in [0.1, 0.15) is 234 Å². The summed E-state index contributed by atoms with van der Waals surface area (Å²) in [6.45, 7) is 11.3. The molecule has 0 amide bonds. The van der Waals surface area contributed by atoms with Gasteiger partial charge in [-0.25, -0.2) is 0 Å². The summed E-state index contributed by atoms with van der Waals surface area (Å²) in [4.78, 5) is 37.6. The number of ether oxygens (including phenoxy) is 3. The molecule has 296 valence electrons. The van der Waals surface area contributed by atoms with Gasteiger partial charge in [0, 0.05) is 19.3 Å². The monoisotopic (exact) mass is 709 g/mol. The summed E-state index contributed by atoms with van der Waals surface area (Å²) in [7, 11) is 0. The van der Waals surface area contributed by atoms with E-state index in [4.69, 9.17) is 14.2 Å². The second-order valence-corrected chi connectivity index (χ2v) is 15.7. The lowest BCUT2D eigenvalue weighted by Crippen LogP contribution is -2.30. The SMILES string of the molecule is CCCCCCCCCCCCCC(=O)O[C@@H](COC(=O)CCCCCCCCCCC(C)CC)COC(=O)CCCCCCCCC(C)C. The fraction of sp³-hybridized carbons (Fsp3) is 0.932. The summed E-state index contributed by atoms with van der Waals surface area (Å²) in [5, 5.41) is 0. The van der Waals surface area contributed by atoms with Crippen molar-refractivity contribution in [1.29, 1.82) is 0 Å². The molecule has 0 saturated carbocycles.